The van der Waals surface area contributed by atoms with Gasteiger partial charge in [-0.15, -0.1) is 0 Å². The SMILES string of the molecule is CC/C=C\C/C=C\C/C=C\C/C=C\CCCCC(=O)OCC(COCCCCCC/C=C\C/C=C\C/C=C\CC)OC(=O)CCCCCCC/C=C\CCCCCC. The molecule has 0 aromatic rings. The zero-order valence-electron chi connectivity index (χ0n) is 37.8. The first-order valence-electron chi connectivity index (χ1n) is 23.8. The summed E-state index contributed by atoms with van der Waals surface area (Å²) in [4.78, 5) is 25.3. The molecule has 0 aromatic heterocycles. The molecule has 5 heteroatoms. The van der Waals surface area contributed by atoms with Crippen molar-refractivity contribution in [3.8, 4) is 0 Å². The van der Waals surface area contributed by atoms with Crippen molar-refractivity contribution in [2.45, 2.75) is 207 Å². The zero-order valence-corrected chi connectivity index (χ0v) is 37.8. The molecule has 0 amide bonds. The summed E-state index contributed by atoms with van der Waals surface area (Å²) >= 11 is 0. The Morgan fingerprint density at radius 2 is 0.776 bits per heavy atom. The van der Waals surface area contributed by atoms with E-state index in [1.807, 2.05) is 0 Å². The molecule has 0 aliphatic carbocycles. The van der Waals surface area contributed by atoms with Crippen LogP contribution in [-0.4, -0.2) is 37.9 Å². The molecule has 1 atom stereocenters. The Balaban J connectivity index is 4.40. The third-order valence-electron chi connectivity index (χ3n) is 9.58. The molecule has 0 aromatic carbocycles. The maximum atomic E-state index is 12.7. The Bertz CT molecular complexity index is 1140. The molecular weight excluding hydrogens is 717 g/mol. The van der Waals surface area contributed by atoms with Crippen LogP contribution in [0, 0.1) is 0 Å². The molecule has 0 aliphatic rings. The Kier molecular flexibility index (Phi) is 45.5. The van der Waals surface area contributed by atoms with E-state index in [0.717, 1.165) is 109 Å². The van der Waals surface area contributed by atoms with Crippen molar-refractivity contribution in [2.24, 2.45) is 0 Å². The molecule has 0 bridgehead atoms. The highest BCUT2D eigenvalue weighted by atomic mass is 16.6. The van der Waals surface area contributed by atoms with E-state index in [2.05, 4.69) is 118 Å². The van der Waals surface area contributed by atoms with Crippen LogP contribution in [0.3, 0.4) is 0 Å². The molecule has 0 rings (SSSR count). The molecule has 0 N–H and O–H groups in total. The van der Waals surface area contributed by atoms with E-state index in [0.29, 0.717) is 19.4 Å². The smallest absolute Gasteiger partial charge is 0.306 e. The van der Waals surface area contributed by atoms with E-state index in [-0.39, 0.29) is 25.2 Å². The van der Waals surface area contributed by atoms with Crippen molar-refractivity contribution < 1.29 is 23.8 Å². The fourth-order valence-electron chi connectivity index (χ4n) is 6.10. The normalized spacial score (nSPS) is 13.1. The van der Waals surface area contributed by atoms with Gasteiger partial charge in [-0.25, -0.2) is 0 Å². The lowest BCUT2D eigenvalue weighted by atomic mass is 10.1. The topological polar surface area (TPSA) is 61.8 Å². The van der Waals surface area contributed by atoms with Gasteiger partial charge in [0.05, 0.1) is 6.61 Å². The number of ether oxygens (including phenoxy) is 3. The molecule has 0 heterocycles. The first-order valence-corrected chi connectivity index (χ1v) is 23.8. The summed E-state index contributed by atoms with van der Waals surface area (Å²) in [6, 6.07) is 0. The summed E-state index contributed by atoms with van der Waals surface area (Å²) in [7, 11) is 0. The summed E-state index contributed by atoms with van der Waals surface area (Å²) in [5, 5.41) is 0. The summed E-state index contributed by atoms with van der Waals surface area (Å²) < 4.78 is 17.3. The predicted octanol–water partition coefficient (Wildman–Crippen LogP) is 15.9. The van der Waals surface area contributed by atoms with E-state index in [9.17, 15) is 9.59 Å². The molecule has 0 aliphatic heterocycles. The summed E-state index contributed by atoms with van der Waals surface area (Å²) in [6.45, 7) is 7.47. The standard InChI is InChI=1S/C53H88O5/c1-4-7-10-13-16-19-22-25-27-29-31-34-37-40-43-46-52(54)57-50-51(49-56-48-45-42-39-36-33-30-26-23-20-17-14-11-8-5-2)58-53(55)47-44-41-38-35-32-28-24-21-18-15-12-9-6-3/h7-8,10-11,16-17,19-21,24-27,30-31,34,51H,4-6,9,12-15,18,22-23,28-29,32-33,35-50H2,1-3H3/b10-7-,11-8-,19-16-,20-17-,24-21-,27-25-,30-26-,34-31-. The van der Waals surface area contributed by atoms with Crippen LogP contribution in [0.25, 0.3) is 0 Å². The summed E-state index contributed by atoms with van der Waals surface area (Å²) in [6.07, 6.45) is 64.1. The second kappa shape index (κ2) is 48.2. The van der Waals surface area contributed by atoms with Gasteiger partial charge in [-0.1, -0.05) is 169 Å². The van der Waals surface area contributed by atoms with Crippen molar-refractivity contribution >= 4 is 11.9 Å². The maximum absolute atomic E-state index is 12.7. The third kappa shape index (κ3) is 45.5. The quantitative estimate of drug-likeness (QED) is 0.0349. The predicted molar refractivity (Wildman–Crippen MR) is 251 cm³/mol. The van der Waals surface area contributed by atoms with Gasteiger partial charge in [-0.2, -0.15) is 0 Å². The fourth-order valence-corrected chi connectivity index (χ4v) is 6.10. The van der Waals surface area contributed by atoms with Crippen LogP contribution in [0.15, 0.2) is 97.2 Å². The third-order valence-corrected chi connectivity index (χ3v) is 9.58. The van der Waals surface area contributed by atoms with Crippen molar-refractivity contribution in [2.75, 3.05) is 19.8 Å². The maximum Gasteiger partial charge on any atom is 0.306 e. The molecule has 0 spiro atoms. The summed E-state index contributed by atoms with van der Waals surface area (Å²) in [5.41, 5.74) is 0. The van der Waals surface area contributed by atoms with E-state index in [1.54, 1.807) is 0 Å². The van der Waals surface area contributed by atoms with Crippen LogP contribution in [0.4, 0.5) is 0 Å². The van der Waals surface area contributed by atoms with Crippen LogP contribution < -0.4 is 0 Å². The lowest BCUT2D eigenvalue weighted by Gasteiger charge is -2.18. The fraction of sp³-hybridized carbons (Fsp3) is 0.660. The number of carbonyl (C=O) groups is 2. The van der Waals surface area contributed by atoms with Gasteiger partial charge in [0.15, 0.2) is 6.10 Å². The molecule has 58 heavy (non-hydrogen) atoms. The van der Waals surface area contributed by atoms with Crippen LogP contribution in [-0.2, 0) is 23.8 Å². The van der Waals surface area contributed by atoms with E-state index >= 15 is 0 Å². The largest absolute Gasteiger partial charge is 0.462 e. The van der Waals surface area contributed by atoms with E-state index < -0.39 is 6.10 Å². The van der Waals surface area contributed by atoms with Gasteiger partial charge in [0.25, 0.3) is 0 Å². The highest BCUT2D eigenvalue weighted by Gasteiger charge is 2.17. The minimum atomic E-state index is -0.573. The van der Waals surface area contributed by atoms with Crippen molar-refractivity contribution in [3.05, 3.63) is 97.2 Å². The highest BCUT2D eigenvalue weighted by Crippen LogP contribution is 2.12. The molecular formula is C53H88O5. The average Bonchev–Trinajstić information content (AvgIpc) is 3.22. The van der Waals surface area contributed by atoms with Gasteiger partial charge in [-0.05, 0) is 116 Å². The highest BCUT2D eigenvalue weighted by molar-refractivity contribution is 5.70. The molecule has 0 radical (unpaired) electrons. The molecule has 330 valence electrons. The lowest BCUT2D eigenvalue weighted by molar-refractivity contribution is -0.163. The molecule has 0 saturated heterocycles. The number of allylic oxidation sites excluding steroid dienone is 16. The van der Waals surface area contributed by atoms with Gasteiger partial charge in [0.1, 0.15) is 6.61 Å². The number of carbonyl (C=O) groups excluding carboxylic acids is 2. The second-order valence-corrected chi connectivity index (χ2v) is 15.2. The van der Waals surface area contributed by atoms with Crippen molar-refractivity contribution in [1.82, 2.24) is 0 Å². The van der Waals surface area contributed by atoms with Gasteiger partial charge < -0.3 is 14.2 Å². The van der Waals surface area contributed by atoms with Crippen LogP contribution >= 0.6 is 0 Å². The van der Waals surface area contributed by atoms with Crippen LogP contribution in [0.1, 0.15) is 201 Å². The Morgan fingerprint density at radius 3 is 1.29 bits per heavy atom. The summed E-state index contributed by atoms with van der Waals surface area (Å²) in [5.74, 6) is -0.475. The molecule has 1 unspecified atom stereocenters. The van der Waals surface area contributed by atoms with Crippen molar-refractivity contribution in [1.29, 1.82) is 0 Å². The van der Waals surface area contributed by atoms with Crippen LogP contribution in [0.5, 0.6) is 0 Å². The Hall–Kier alpha value is -3.18. The minimum Gasteiger partial charge on any atom is -0.462 e. The molecule has 5 nitrogen and oxygen atoms in total. The number of hydrogen-bond donors (Lipinski definition) is 0. The molecule has 0 fully saturated rings. The number of esters is 2. The minimum absolute atomic E-state index is 0.0462. The zero-order chi connectivity index (χ0) is 42.1. The van der Waals surface area contributed by atoms with Gasteiger partial charge >= 0.3 is 11.9 Å². The van der Waals surface area contributed by atoms with E-state index in [4.69, 9.17) is 14.2 Å². The Labute approximate surface area is 358 Å². The average molecular weight is 805 g/mol. The van der Waals surface area contributed by atoms with Gasteiger partial charge in [-0.3, -0.25) is 9.59 Å². The Morgan fingerprint density at radius 1 is 0.397 bits per heavy atom. The number of unbranched alkanes of at least 4 members (excludes halogenated alkanes) is 15. The second-order valence-electron chi connectivity index (χ2n) is 15.2. The monoisotopic (exact) mass is 805 g/mol. The first kappa shape index (κ1) is 54.8. The first-order chi connectivity index (χ1) is 28.6. The van der Waals surface area contributed by atoms with Crippen molar-refractivity contribution in [3.63, 3.8) is 0 Å². The van der Waals surface area contributed by atoms with Gasteiger partial charge in [0.2, 0.25) is 0 Å². The number of hydrogen-bond acceptors (Lipinski definition) is 5. The number of rotatable bonds is 42. The lowest BCUT2D eigenvalue weighted by Crippen LogP contribution is -2.30. The molecule has 0 saturated carbocycles. The van der Waals surface area contributed by atoms with Crippen LogP contribution in [0.2, 0.25) is 0 Å². The van der Waals surface area contributed by atoms with E-state index in [1.165, 1.54) is 57.8 Å². The van der Waals surface area contributed by atoms with Gasteiger partial charge in [0, 0.05) is 19.4 Å².